The molecule has 0 amide bonds. The topological polar surface area (TPSA) is 35.2 Å². The number of hydrogen-bond acceptors (Lipinski definition) is 2. The quantitative estimate of drug-likeness (QED) is 0.925. The highest BCUT2D eigenvalue weighted by Crippen LogP contribution is 2.28. The minimum absolute atomic E-state index is 0.257. The van der Waals surface area contributed by atoms with Crippen molar-refractivity contribution in [3.05, 3.63) is 63.4 Å². The van der Waals surface area contributed by atoms with Crippen LogP contribution in [0.2, 0.25) is 0 Å². The summed E-state index contributed by atoms with van der Waals surface area (Å²) in [6.07, 6.45) is 0. The highest BCUT2D eigenvalue weighted by Gasteiger charge is 2.08. The van der Waals surface area contributed by atoms with E-state index in [1.165, 1.54) is 12.1 Å². The van der Waals surface area contributed by atoms with E-state index in [1.54, 1.807) is 6.07 Å². The van der Waals surface area contributed by atoms with E-state index in [2.05, 4.69) is 15.9 Å². The normalized spacial score (nSPS) is 10.5. The van der Waals surface area contributed by atoms with E-state index in [4.69, 9.17) is 10.5 Å². The Balaban J connectivity index is 2.19. The Hall–Kier alpha value is -1.39. The second-order valence-corrected chi connectivity index (χ2v) is 5.25. The van der Waals surface area contributed by atoms with Crippen LogP contribution in [0, 0.1) is 12.7 Å². The molecule has 4 heteroatoms. The Morgan fingerprint density at radius 3 is 2.74 bits per heavy atom. The third-order valence-electron chi connectivity index (χ3n) is 2.81. The molecule has 0 spiro atoms. The van der Waals surface area contributed by atoms with E-state index in [1.807, 2.05) is 25.1 Å². The predicted molar refractivity (Wildman–Crippen MR) is 77.5 cm³/mol. The summed E-state index contributed by atoms with van der Waals surface area (Å²) in [5.74, 6) is 0.516. The number of ether oxygens (including phenoxy) is 1. The van der Waals surface area contributed by atoms with Gasteiger partial charge in [-0.3, -0.25) is 0 Å². The first-order valence-corrected chi connectivity index (χ1v) is 6.76. The molecule has 0 unspecified atom stereocenters. The van der Waals surface area contributed by atoms with Crippen LogP contribution in [0.4, 0.5) is 4.39 Å². The van der Waals surface area contributed by atoms with Crippen LogP contribution >= 0.6 is 15.9 Å². The molecular weight excluding hydrogens is 309 g/mol. The molecule has 0 aliphatic heterocycles. The summed E-state index contributed by atoms with van der Waals surface area (Å²) in [7, 11) is 0. The lowest BCUT2D eigenvalue weighted by Crippen LogP contribution is -2.04. The van der Waals surface area contributed by atoms with Gasteiger partial charge in [0.2, 0.25) is 0 Å². The molecule has 2 nitrogen and oxygen atoms in total. The van der Waals surface area contributed by atoms with Crippen molar-refractivity contribution >= 4 is 15.9 Å². The van der Waals surface area contributed by atoms with Gasteiger partial charge in [0, 0.05) is 16.6 Å². The fourth-order valence-electron chi connectivity index (χ4n) is 1.94. The number of nitrogens with two attached hydrogens (primary N) is 1. The molecule has 0 saturated carbocycles. The van der Waals surface area contributed by atoms with Gasteiger partial charge < -0.3 is 10.5 Å². The van der Waals surface area contributed by atoms with Crippen molar-refractivity contribution in [1.29, 1.82) is 0 Å². The van der Waals surface area contributed by atoms with Gasteiger partial charge in [0.25, 0.3) is 0 Å². The van der Waals surface area contributed by atoms with Crippen LogP contribution in [0.3, 0.4) is 0 Å². The molecule has 2 rings (SSSR count). The van der Waals surface area contributed by atoms with Gasteiger partial charge >= 0.3 is 0 Å². The van der Waals surface area contributed by atoms with Gasteiger partial charge in [-0.25, -0.2) is 4.39 Å². The molecule has 0 bridgehead atoms. The molecule has 0 aliphatic carbocycles. The van der Waals surface area contributed by atoms with Crippen LogP contribution in [0.15, 0.2) is 40.9 Å². The summed E-state index contributed by atoms with van der Waals surface area (Å²) in [6, 6.07) is 10.3. The monoisotopic (exact) mass is 323 g/mol. The van der Waals surface area contributed by atoms with Crippen molar-refractivity contribution in [1.82, 2.24) is 0 Å². The molecule has 0 heterocycles. The number of benzene rings is 2. The van der Waals surface area contributed by atoms with E-state index in [9.17, 15) is 4.39 Å². The Labute approximate surface area is 120 Å². The Morgan fingerprint density at radius 2 is 2.05 bits per heavy atom. The molecule has 19 heavy (non-hydrogen) atoms. The number of aryl methyl sites for hydroxylation is 1. The average Bonchev–Trinajstić information content (AvgIpc) is 2.37. The fraction of sp³-hybridized carbons (Fsp3) is 0.200. The number of hydrogen-bond donors (Lipinski definition) is 1. The lowest BCUT2D eigenvalue weighted by Gasteiger charge is -2.14. The van der Waals surface area contributed by atoms with Gasteiger partial charge in [0.15, 0.2) is 0 Å². The zero-order valence-electron chi connectivity index (χ0n) is 10.6. The highest BCUT2D eigenvalue weighted by molar-refractivity contribution is 9.10. The van der Waals surface area contributed by atoms with Gasteiger partial charge in [0.1, 0.15) is 18.2 Å². The lowest BCUT2D eigenvalue weighted by atomic mass is 10.1. The third-order valence-corrected chi connectivity index (χ3v) is 3.27. The molecule has 0 radical (unpaired) electrons. The minimum Gasteiger partial charge on any atom is -0.488 e. The second kappa shape index (κ2) is 6.17. The lowest BCUT2D eigenvalue weighted by molar-refractivity contribution is 0.300. The van der Waals surface area contributed by atoms with Gasteiger partial charge in [-0.05, 0) is 42.3 Å². The molecule has 100 valence electrons. The van der Waals surface area contributed by atoms with Gasteiger partial charge in [0.05, 0.1) is 0 Å². The van der Waals surface area contributed by atoms with Gasteiger partial charge in [-0.15, -0.1) is 0 Å². The van der Waals surface area contributed by atoms with E-state index >= 15 is 0 Å². The SMILES string of the molecule is Cc1cc(Br)cc(CN)c1OCc1cccc(F)c1. The fourth-order valence-corrected chi connectivity index (χ4v) is 2.56. The maximum Gasteiger partial charge on any atom is 0.127 e. The van der Waals surface area contributed by atoms with Crippen molar-refractivity contribution in [3.8, 4) is 5.75 Å². The Kier molecular flexibility index (Phi) is 4.56. The number of rotatable bonds is 4. The maximum absolute atomic E-state index is 13.1. The van der Waals surface area contributed by atoms with Crippen LogP contribution in [-0.2, 0) is 13.2 Å². The minimum atomic E-state index is -0.257. The molecule has 0 aliphatic rings. The maximum atomic E-state index is 13.1. The number of halogens is 2. The predicted octanol–water partition coefficient (Wildman–Crippen LogP) is 3.93. The van der Waals surface area contributed by atoms with E-state index in [0.717, 1.165) is 26.9 Å². The third kappa shape index (κ3) is 3.55. The van der Waals surface area contributed by atoms with Crippen LogP contribution in [0.5, 0.6) is 5.75 Å². The highest BCUT2D eigenvalue weighted by atomic mass is 79.9. The Bertz CT molecular complexity index is 586. The largest absolute Gasteiger partial charge is 0.488 e. The van der Waals surface area contributed by atoms with Crippen LogP contribution < -0.4 is 10.5 Å². The van der Waals surface area contributed by atoms with Crippen molar-refractivity contribution in [2.45, 2.75) is 20.1 Å². The average molecular weight is 324 g/mol. The first kappa shape index (κ1) is 14.0. The summed E-state index contributed by atoms with van der Waals surface area (Å²) in [4.78, 5) is 0. The standard InChI is InChI=1S/C15H15BrFNO/c1-10-5-13(16)7-12(8-18)15(10)19-9-11-3-2-4-14(17)6-11/h2-7H,8-9,18H2,1H3. The summed E-state index contributed by atoms with van der Waals surface area (Å²) in [6.45, 7) is 2.69. The summed E-state index contributed by atoms with van der Waals surface area (Å²) >= 11 is 3.43. The van der Waals surface area contributed by atoms with E-state index < -0.39 is 0 Å². The summed E-state index contributed by atoms with van der Waals surface area (Å²) < 4.78 is 19.9. The molecule has 2 aromatic rings. The molecule has 2 N–H and O–H groups in total. The molecule has 0 atom stereocenters. The molecular formula is C15H15BrFNO. The van der Waals surface area contributed by atoms with Crippen molar-refractivity contribution < 1.29 is 9.13 Å². The van der Waals surface area contributed by atoms with Crippen LogP contribution in [0.25, 0.3) is 0 Å². The summed E-state index contributed by atoms with van der Waals surface area (Å²) in [5, 5.41) is 0. The molecule has 0 aromatic heterocycles. The summed E-state index contributed by atoms with van der Waals surface area (Å²) in [5.41, 5.74) is 8.46. The van der Waals surface area contributed by atoms with Crippen LogP contribution in [0.1, 0.15) is 16.7 Å². The smallest absolute Gasteiger partial charge is 0.127 e. The second-order valence-electron chi connectivity index (χ2n) is 4.33. The molecule has 2 aromatic carbocycles. The van der Waals surface area contributed by atoms with Crippen molar-refractivity contribution in [3.63, 3.8) is 0 Å². The zero-order chi connectivity index (χ0) is 13.8. The van der Waals surface area contributed by atoms with E-state index in [-0.39, 0.29) is 5.82 Å². The van der Waals surface area contributed by atoms with Crippen LogP contribution in [-0.4, -0.2) is 0 Å². The van der Waals surface area contributed by atoms with E-state index in [0.29, 0.717) is 13.2 Å². The zero-order valence-corrected chi connectivity index (χ0v) is 12.2. The Morgan fingerprint density at radius 1 is 1.26 bits per heavy atom. The molecule has 0 fully saturated rings. The first-order valence-electron chi connectivity index (χ1n) is 5.96. The van der Waals surface area contributed by atoms with Gasteiger partial charge in [-0.2, -0.15) is 0 Å². The van der Waals surface area contributed by atoms with Gasteiger partial charge in [-0.1, -0.05) is 28.1 Å². The van der Waals surface area contributed by atoms with Crippen molar-refractivity contribution in [2.24, 2.45) is 5.73 Å². The van der Waals surface area contributed by atoms with Crippen molar-refractivity contribution in [2.75, 3.05) is 0 Å². The first-order chi connectivity index (χ1) is 9.10. The molecule has 0 saturated heterocycles.